The molecule has 0 spiro atoms. The average molecular weight is 321 g/mol. The van der Waals surface area contributed by atoms with Crippen molar-refractivity contribution in [3.8, 4) is 0 Å². The molecule has 0 saturated carbocycles. The van der Waals surface area contributed by atoms with E-state index in [9.17, 15) is 0 Å². The minimum atomic E-state index is -0.812. The standard InChI is InChI=1S/Ba.2Co.2H2O.2O/h;;;2*1H2;;/q+2;;;;;;/p-2. The van der Waals surface area contributed by atoms with Gasteiger partial charge in [0.2, 0.25) is 0 Å². The molecule has 0 aromatic carbocycles. The molecule has 0 rings (SSSR count). The van der Waals surface area contributed by atoms with Gasteiger partial charge in [0.15, 0.2) is 0 Å². The molecule has 46 valence electrons. The van der Waals surface area contributed by atoms with Crippen LogP contribution in [0.15, 0.2) is 0 Å². The third-order valence-electron chi connectivity index (χ3n) is 0. The monoisotopic (exact) mass is 322 g/mol. The van der Waals surface area contributed by atoms with Gasteiger partial charge in [-0.05, 0) is 0 Å². The molecule has 0 heterocycles. The van der Waals surface area contributed by atoms with Crippen LogP contribution >= 0.6 is 0 Å². The minimum absolute atomic E-state index is 0. The van der Waals surface area contributed by atoms with Crippen LogP contribution in [0.25, 0.3) is 0 Å². The summed E-state index contributed by atoms with van der Waals surface area (Å²) in [6, 6.07) is 0. The molecule has 0 aromatic heterocycles. The van der Waals surface area contributed by atoms with E-state index in [1.54, 1.807) is 0 Å². The maximum atomic E-state index is 8.45. The fourth-order valence-electron chi connectivity index (χ4n) is 0. The van der Waals surface area contributed by atoms with Crippen molar-refractivity contribution in [1.82, 2.24) is 0 Å². The molecule has 0 fully saturated rings. The predicted molar refractivity (Wildman–Crippen MR) is 11.6 cm³/mol. The van der Waals surface area contributed by atoms with Crippen LogP contribution in [0.3, 0.4) is 0 Å². The molecule has 0 aliphatic heterocycles. The summed E-state index contributed by atoms with van der Waals surface area (Å²) in [7, 11) is 0. The van der Waals surface area contributed by atoms with Crippen LogP contribution in [0.5, 0.6) is 0 Å². The maximum absolute atomic E-state index is 8.45. The van der Waals surface area contributed by atoms with Gasteiger partial charge in [-0.3, -0.25) is 0 Å². The number of hydrogen-bond acceptors (Lipinski definition) is 2. The molecule has 0 atom stereocenters. The van der Waals surface area contributed by atoms with Gasteiger partial charge in [-0.1, -0.05) is 0 Å². The summed E-state index contributed by atoms with van der Waals surface area (Å²) in [4.78, 5) is 0. The molecular formula is H2BaCo2O4. The summed E-state index contributed by atoms with van der Waals surface area (Å²) in [6.45, 7) is 0. The van der Waals surface area contributed by atoms with Crippen LogP contribution < -0.4 is 0 Å². The Morgan fingerprint density at radius 2 is 1.00 bits per heavy atom. The Hall–Kier alpha value is 2.10. The third kappa shape index (κ3) is 68.2. The third-order valence-corrected chi connectivity index (χ3v) is 0. The fourth-order valence-corrected chi connectivity index (χ4v) is 0. The summed E-state index contributed by atoms with van der Waals surface area (Å²) >= 11 is -1.62. The van der Waals surface area contributed by atoms with Crippen molar-refractivity contribution >= 4 is 48.9 Å². The molecular weight excluding hydrogens is 319 g/mol. The summed E-state index contributed by atoms with van der Waals surface area (Å²) in [5.74, 6) is 0. The van der Waals surface area contributed by atoms with Crippen LogP contribution in [0, 0.1) is 0 Å². The van der Waals surface area contributed by atoms with Crippen molar-refractivity contribution in [3.63, 3.8) is 0 Å². The molecule has 7 heavy (non-hydrogen) atoms. The van der Waals surface area contributed by atoms with E-state index in [0.717, 1.165) is 0 Å². The molecule has 0 aliphatic rings. The zero-order valence-corrected chi connectivity index (χ0v) is 9.61. The van der Waals surface area contributed by atoms with Crippen molar-refractivity contribution in [3.05, 3.63) is 0 Å². The quantitative estimate of drug-likeness (QED) is 0.520. The summed E-state index contributed by atoms with van der Waals surface area (Å²) in [5, 5.41) is 0. The predicted octanol–water partition coefficient (Wildman–Crippen LogP) is -1.74. The molecule has 0 bridgehead atoms. The van der Waals surface area contributed by atoms with Crippen LogP contribution in [-0.4, -0.2) is 57.3 Å². The number of hydrogen-bond donors (Lipinski definition) is 2. The van der Waals surface area contributed by atoms with Gasteiger partial charge in [0.05, 0.1) is 0 Å². The van der Waals surface area contributed by atoms with Crippen molar-refractivity contribution in [2.24, 2.45) is 0 Å². The Kier molecular flexibility index (Phi) is 55.7. The second-order valence-electron chi connectivity index (χ2n) is 0.122. The van der Waals surface area contributed by atoms with Gasteiger partial charge in [0, 0.05) is 0 Å². The Bertz CT molecular complexity index is 30.7. The molecule has 2 N–H and O–H groups in total. The Balaban J connectivity index is -0.0000000400. The van der Waals surface area contributed by atoms with E-state index in [1.807, 2.05) is 0 Å². The van der Waals surface area contributed by atoms with Gasteiger partial charge in [-0.2, -0.15) is 0 Å². The zero-order valence-electron chi connectivity index (χ0n) is 3.08. The zero-order chi connectivity index (χ0) is 5.41. The van der Waals surface area contributed by atoms with Crippen molar-refractivity contribution in [2.45, 2.75) is 0 Å². The molecule has 0 radical (unpaired) electrons. The fraction of sp³-hybridized carbons (Fsp3) is 0. The van der Waals surface area contributed by atoms with E-state index in [0.29, 0.717) is 0 Å². The molecule has 7 heteroatoms. The molecule has 4 nitrogen and oxygen atoms in total. The summed E-state index contributed by atoms with van der Waals surface area (Å²) in [5.41, 5.74) is 0. The van der Waals surface area contributed by atoms with Gasteiger partial charge in [-0.15, -0.1) is 0 Å². The first-order valence-corrected chi connectivity index (χ1v) is 2.35. The van der Waals surface area contributed by atoms with Crippen LogP contribution in [-0.2, 0) is 37.6 Å². The first-order valence-electron chi connectivity index (χ1n) is 0.570. The van der Waals surface area contributed by atoms with Gasteiger partial charge in [0.25, 0.3) is 0 Å². The van der Waals surface area contributed by atoms with E-state index in [-0.39, 0.29) is 48.9 Å². The number of rotatable bonds is 0. The molecule has 0 aliphatic carbocycles. The second-order valence-corrected chi connectivity index (χ2v) is 0.502. The second kappa shape index (κ2) is 24.3. The van der Waals surface area contributed by atoms with Gasteiger partial charge in [-0.25, -0.2) is 0 Å². The van der Waals surface area contributed by atoms with Crippen LogP contribution in [0.4, 0.5) is 0 Å². The first kappa shape index (κ1) is 16.0. The van der Waals surface area contributed by atoms with Gasteiger partial charge >= 0.3 is 95.0 Å². The molecule has 0 saturated heterocycles. The average Bonchev–Trinajstić information content (AvgIpc) is 1.39. The molecule has 0 amide bonds. The normalized spacial score (nSPS) is 6.00. The molecule has 0 unspecified atom stereocenters. The summed E-state index contributed by atoms with van der Waals surface area (Å²) < 4.78 is 30.9. The Morgan fingerprint density at radius 1 is 1.00 bits per heavy atom. The van der Waals surface area contributed by atoms with Crippen molar-refractivity contribution in [1.29, 1.82) is 0 Å². The van der Waals surface area contributed by atoms with Gasteiger partial charge < -0.3 is 0 Å². The Labute approximate surface area is 93.1 Å². The van der Waals surface area contributed by atoms with Crippen molar-refractivity contribution in [2.75, 3.05) is 0 Å². The van der Waals surface area contributed by atoms with Crippen LogP contribution in [0.1, 0.15) is 0 Å². The van der Waals surface area contributed by atoms with E-state index in [4.69, 9.17) is 16.2 Å². The molecule has 0 aromatic rings. The van der Waals surface area contributed by atoms with E-state index < -0.39 is 29.9 Å². The van der Waals surface area contributed by atoms with Gasteiger partial charge in [0.1, 0.15) is 0 Å². The Morgan fingerprint density at radius 3 is 1.00 bits per heavy atom. The summed E-state index contributed by atoms with van der Waals surface area (Å²) in [6.07, 6.45) is 0. The van der Waals surface area contributed by atoms with Crippen LogP contribution in [0.2, 0.25) is 0 Å². The van der Waals surface area contributed by atoms with E-state index >= 15 is 0 Å². The SMILES string of the molecule is [Ba+2].[O]=[Co-][OH].[O]=[Co-][OH]. The van der Waals surface area contributed by atoms with E-state index in [1.165, 1.54) is 0 Å². The van der Waals surface area contributed by atoms with E-state index in [2.05, 4.69) is 0 Å². The van der Waals surface area contributed by atoms with Crippen molar-refractivity contribution < 1.29 is 46.1 Å². The first-order chi connectivity index (χ1) is 2.83. The topological polar surface area (TPSA) is 74.6 Å².